The van der Waals surface area contributed by atoms with Crippen molar-refractivity contribution in [2.75, 3.05) is 25.6 Å². The minimum atomic E-state index is -0.378. The van der Waals surface area contributed by atoms with E-state index >= 15 is 0 Å². The lowest BCUT2D eigenvalue weighted by Gasteiger charge is -1.97. The molecule has 0 aromatic carbocycles. The Morgan fingerprint density at radius 1 is 1.70 bits per heavy atom. The summed E-state index contributed by atoms with van der Waals surface area (Å²) in [7, 11) is 0. The molecule has 0 heterocycles. The van der Waals surface area contributed by atoms with Gasteiger partial charge in [-0.2, -0.15) is 0 Å². The summed E-state index contributed by atoms with van der Waals surface area (Å²) in [6.45, 7) is 2.77. The molecule has 0 aromatic heterocycles. The van der Waals surface area contributed by atoms with Gasteiger partial charge in [0.25, 0.3) is 0 Å². The van der Waals surface area contributed by atoms with Gasteiger partial charge in [0.2, 0.25) is 5.12 Å². The number of carbonyl (C=O) groups is 1. The second kappa shape index (κ2) is 7.05. The maximum absolute atomic E-state index is 10.4. The minimum Gasteiger partial charge on any atom is -0.388 e. The van der Waals surface area contributed by atoms with Crippen LogP contribution >= 0.6 is 11.8 Å². The van der Waals surface area contributed by atoms with Gasteiger partial charge in [-0.15, -0.1) is 0 Å². The molecule has 0 spiro atoms. The average Bonchev–Trinajstić information content (AvgIpc) is 1.98. The Balaban J connectivity index is 2.96. The molecule has 60 valence electrons. The quantitative estimate of drug-likeness (QED) is 0.593. The normalized spacial score (nSPS) is 9.80. The van der Waals surface area contributed by atoms with E-state index in [0.717, 1.165) is 11.8 Å². The summed E-state index contributed by atoms with van der Waals surface area (Å²) in [6, 6.07) is 0. The molecule has 1 N–H and O–H groups in total. The van der Waals surface area contributed by atoms with Crippen molar-refractivity contribution >= 4 is 16.9 Å². The van der Waals surface area contributed by atoms with Crippen LogP contribution in [0.25, 0.3) is 0 Å². The van der Waals surface area contributed by atoms with E-state index in [4.69, 9.17) is 9.84 Å². The zero-order chi connectivity index (χ0) is 7.82. The lowest BCUT2D eigenvalue weighted by molar-refractivity contribution is -0.113. The van der Waals surface area contributed by atoms with Gasteiger partial charge in [0.05, 0.1) is 6.61 Å². The van der Waals surface area contributed by atoms with Crippen molar-refractivity contribution in [3.05, 3.63) is 0 Å². The van der Waals surface area contributed by atoms with E-state index < -0.39 is 0 Å². The second-order valence-corrected chi connectivity index (χ2v) is 2.73. The van der Waals surface area contributed by atoms with Crippen molar-refractivity contribution in [1.82, 2.24) is 0 Å². The maximum Gasteiger partial charge on any atom is 0.214 e. The summed E-state index contributed by atoms with van der Waals surface area (Å²) in [5.74, 6) is 0.632. The summed E-state index contributed by atoms with van der Waals surface area (Å²) >= 11 is 1.10. The first-order valence-electron chi connectivity index (χ1n) is 3.15. The molecular formula is C6H12O3S. The number of hydrogen-bond donors (Lipinski definition) is 1. The fourth-order valence-corrected chi connectivity index (χ4v) is 0.925. The SMILES string of the molecule is CCOCCSC(=O)CO. The molecule has 0 amide bonds. The summed E-state index contributed by atoms with van der Waals surface area (Å²) in [5.41, 5.74) is 0. The molecule has 0 atom stereocenters. The van der Waals surface area contributed by atoms with Crippen molar-refractivity contribution in [2.24, 2.45) is 0 Å². The second-order valence-electron chi connectivity index (χ2n) is 1.58. The van der Waals surface area contributed by atoms with Gasteiger partial charge >= 0.3 is 0 Å². The van der Waals surface area contributed by atoms with E-state index in [1.54, 1.807) is 0 Å². The average molecular weight is 164 g/mol. The van der Waals surface area contributed by atoms with Crippen LogP contribution in [-0.2, 0) is 9.53 Å². The van der Waals surface area contributed by atoms with Crippen LogP contribution in [-0.4, -0.2) is 35.8 Å². The Morgan fingerprint density at radius 3 is 2.90 bits per heavy atom. The maximum atomic E-state index is 10.4. The Kier molecular flexibility index (Phi) is 7.01. The Bertz CT molecular complexity index is 95.0. The zero-order valence-electron chi connectivity index (χ0n) is 6.00. The highest BCUT2D eigenvalue weighted by atomic mass is 32.2. The van der Waals surface area contributed by atoms with Crippen LogP contribution in [0.15, 0.2) is 0 Å². The molecule has 4 heteroatoms. The van der Waals surface area contributed by atoms with Crippen LogP contribution in [0, 0.1) is 0 Å². The first-order chi connectivity index (χ1) is 4.81. The van der Waals surface area contributed by atoms with Gasteiger partial charge in [-0.25, -0.2) is 0 Å². The predicted octanol–water partition coefficient (Wildman–Crippen LogP) is 0.275. The molecule has 0 bridgehead atoms. The van der Waals surface area contributed by atoms with Gasteiger partial charge in [0.1, 0.15) is 6.61 Å². The van der Waals surface area contributed by atoms with E-state index in [1.165, 1.54) is 0 Å². The van der Waals surface area contributed by atoms with Crippen molar-refractivity contribution in [2.45, 2.75) is 6.92 Å². The van der Waals surface area contributed by atoms with E-state index in [1.807, 2.05) is 6.92 Å². The number of rotatable bonds is 5. The van der Waals surface area contributed by atoms with Gasteiger partial charge in [-0.1, -0.05) is 11.8 Å². The van der Waals surface area contributed by atoms with E-state index in [0.29, 0.717) is 19.0 Å². The lowest BCUT2D eigenvalue weighted by Crippen LogP contribution is -2.03. The largest absolute Gasteiger partial charge is 0.388 e. The highest BCUT2D eigenvalue weighted by Gasteiger charge is 1.97. The first kappa shape index (κ1) is 9.94. The summed E-state index contributed by atoms with van der Waals surface area (Å²) < 4.78 is 4.97. The minimum absolute atomic E-state index is 0.195. The highest BCUT2D eigenvalue weighted by Crippen LogP contribution is 1.99. The van der Waals surface area contributed by atoms with Crippen molar-refractivity contribution in [3.8, 4) is 0 Å². The third kappa shape index (κ3) is 6.07. The molecule has 0 aliphatic heterocycles. The van der Waals surface area contributed by atoms with Gasteiger partial charge in [-0.3, -0.25) is 4.79 Å². The zero-order valence-corrected chi connectivity index (χ0v) is 6.82. The predicted molar refractivity (Wildman–Crippen MR) is 41.0 cm³/mol. The van der Waals surface area contributed by atoms with E-state index in [-0.39, 0.29) is 11.7 Å². The number of carbonyl (C=O) groups excluding carboxylic acids is 1. The molecule has 0 aliphatic rings. The topological polar surface area (TPSA) is 46.5 Å². The third-order valence-corrected chi connectivity index (χ3v) is 1.65. The fourth-order valence-electron chi connectivity index (χ4n) is 0.404. The number of aliphatic hydroxyl groups is 1. The van der Waals surface area contributed by atoms with Crippen molar-refractivity contribution in [3.63, 3.8) is 0 Å². The highest BCUT2D eigenvalue weighted by molar-refractivity contribution is 8.13. The molecule has 0 saturated heterocycles. The molecule has 0 aromatic rings. The summed E-state index contributed by atoms with van der Waals surface area (Å²) in [5, 5.41) is 8.09. The monoisotopic (exact) mass is 164 g/mol. The fraction of sp³-hybridized carbons (Fsp3) is 0.833. The third-order valence-electron chi connectivity index (χ3n) is 0.824. The number of aliphatic hydroxyl groups excluding tert-OH is 1. The standard InChI is InChI=1S/C6H12O3S/c1-2-9-3-4-10-6(8)5-7/h7H,2-5H2,1H3. The van der Waals surface area contributed by atoms with E-state index in [2.05, 4.69) is 0 Å². The van der Waals surface area contributed by atoms with Crippen molar-refractivity contribution in [1.29, 1.82) is 0 Å². The summed E-state index contributed by atoms with van der Waals surface area (Å²) in [4.78, 5) is 10.4. The van der Waals surface area contributed by atoms with Crippen LogP contribution in [0.4, 0.5) is 0 Å². The first-order valence-corrected chi connectivity index (χ1v) is 4.14. The smallest absolute Gasteiger partial charge is 0.214 e. The molecule has 0 saturated carbocycles. The summed E-state index contributed by atoms with van der Waals surface area (Å²) in [6.07, 6.45) is 0. The van der Waals surface area contributed by atoms with Gasteiger partial charge in [0.15, 0.2) is 0 Å². The number of thioether (sulfide) groups is 1. The molecule has 0 fully saturated rings. The van der Waals surface area contributed by atoms with Crippen LogP contribution in [0.2, 0.25) is 0 Å². The molecule has 0 rings (SSSR count). The van der Waals surface area contributed by atoms with Crippen LogP contribution in [0.3, 0.4) is 0 Å². The Hall–Kier alpha value is -0.0600. The van der Waals surface area contributed by atoms with Gasteiger partial charge < -0.3 is 9.84 Å². The Labute approximate surface area is 64.8 Å². The molecule has 0 radical (unpaired) electrons. The van der Waals surface area contributed by atoms with Crippen LogP contribution in [0.1, 0.15) is 6.92 Å². The molecule has 3 nitrogen and oxygen atoms in total. The molecule has 10 heavy (non-hydrogen) atoms. The van der Waals surface area contributed by atoms with Gasteiger partial charge in [-0.05, 0) is 6.92 Å². The van der Waals surface area contributed by atoms with E-state index in [9.17, 15) is 4.79 Å². The lowest BCUT2D eigenvalue weighted by atomic mass is 10.8. The number of hydrogen-bond acceptors (Lipinski definition) is 4. The molecule has 0 unspecified atom stereocenters. The molecular weight excluding hydrogens is 152 g/mol. The van der Waals surface area contributed by atoms with Crippen LogP contribution in [0.5, 0.6) is 0 Å². The number of ether oxygens (including phenoxy) is 1. The van der Waals surface area contributed by atoms with Gasteiger partial charge in [0, 0.05) is 12.4 Å². The molecule has 0 aliphatic carbocycles. The van der Waals surface area contributed by atoms with Crippen molar-refractivity contribution < 1.29 is 14.6 Å². The van der Waals surface area contributed by atoms with Crippen LogP contribution < -0.4 is 0 Å². The Morgan fingerprint density at radius 2 is 2.40 bits per heavy atom.